The highest BCUT2D eigenvalue weighted by atomic mass is 16.5. The average Bonchev–Trinajstić information content (AvgIpc) is 2.35. The molecule has 0 spiro atoms. The maximum Gasteiger partial charge on any atom is 0.327 e. The van der Waals surface area contributed by atoms with E-state index in [1.807, 2.05) is 0 Å². The van der Waals surface area contributed by atoms with Gasteiger partial charge in [-0.25, -0.2) is 4.79 Å². The van der Waals surface area contributed by atoms with Crippen molar-refractivity contribution >= 4 is 5.97 Å². The number of benzene rings is 1. The zero-order chi connectivity index (χ0) is 13.3. The summed E-state index contributed by atoms with van der Waals surface area (Å²) in [6, 6.07) is 6.13. The summed E-state index contributed by atoms with van der Waals surface area (Å²) >= 11 is 0. The second-order valence-corrected chi connectivity index (χ2v) is 5.82. The maximum absolute atomic E-state index is 11.8. The molecule has 0 saturated carbocycles. The molecular weight excluding hydrogens is 226 g/mol. The molecule has 18 heavy (non-hydrogen) atoms. The normalized spacial score (nSPS) is 19.2. The zero-order valence-electron chi connectivity index (χ0n) is 11.5. The summed E-state index contributed by atoms with van der Waals surface area (Å²) in [6.07, 6.45) is 0.966. The molecule has 1 unspecified atom stereocenters. The fourth-order valence-electron chi connectivity index (χ4n) is 2.35. The fraction of sp³-hybridized carbons (Fsp3) is 0.533. The van der Waals surface area contributed by atoms with Gasteiger partial charge in [-0.1, -0.05) is 39.0 Å². The number of rotatable bonds is 1. The summed E-state index contributed by atoms with van der Waals surface area (Å²) in [5, 5.41) is 3.23. The van der Waals surface area contributed by atoms with Crippen LogP contribution in [0.25, 0.3) is 0 Å². The van der Waals surface area contributed by atoms with E-state index in [0.29, 0.717) is 0 Å². The minimum absolute atomic E-state index is 0.0904. The van der Waals surface area contributed by atoms with E-state index < -0.39 is 0 Å². The van der Waals surface area contributed by atoms with Gasteiger partial charge in [0.2, 0.25) is 0 Å². The van der Waals surface area contributed by atoms with Gasteiger partial charge in [-0.05, 0) is 28.5 Å². The largest absolute Gasteiger partial charge is 0.468 e. The van der Waals surface area contributed by atoms with Crippen molar-refractivity contribution in [3.05, 3.63) is 34.9 Å². The summed E-state index contributed by atoms with van der Waals surface area (Å²) < 4.78 is 4.87. The van der Waals surface area contributed by atoms with E-state index in [-0.39, 0.29) is 17.4 Å². The number of methoxy groups -OCH3 is 1. The van der Waals surface area contributed by atoms with Crippen LogP contribution >= 0.6 is 0 Å². The Kier molecular flexibility index (Phi) is 3.44. The number of carbonyl (C=O) groups is 1. The number of hydrogen-bond donors (Lipinski definition) is 1. The number of hydrogen-bond acceptors (Lipinski definition) is 3. The first-order chi connectivity index (χ1) is 8.43. The summed E-state index contributed by atoms with van der Waals surface area (Å²) in [4.78, 5) is 11.8. The van der Waals surface area contributed by atoms with Crippen LogP contribution in [0.5, 0.6) is 0 Å². The van der Waals surface area contributed by atoms with Crippen molar-refractivity contribution in [3.63, 3.8) is 0 Å². The Morgan fingerprint density at radius 1 is 1.39 bits per heavy atom. The van der Waals surface area contributed by atoms with Crippen molar-refractivity contribution in [2.45, 2.75) is 38.6 Å². The van der Waals surface area contributed by atoms with Gasteiger partial charge in [-0.15, -0.1) is 0 Å². The standard InChI is InChI=1S/C15H21NO2/c1-15(2,3)11-6-5-10-7-8-16-13(12(10)9-11)14(17)18-4/h5-6,9,13,16H,7-8H2,1-4H3. The van der Waals surface area contributed by atoms with Crippen LogP contribution in [-0.4, -0.2) is 19.6 Å². The van der Waals surface area contributed by atoms with Crippen LogP contribution in [0.15, 0.2) is 18.2 Å². The highest BCUT2D eigenvalue weighted by Crippen LogP contribution is 2.30. The molecule has 1 N–H and O–H groups in total. The van der Waals surface area contributed by atoms with Crippen LogP contribution in [0.2, 0.25) is 0 Å². The molecule has 3 nitrogen and oxygen atoms in total. The average molecular weight is 247 g/mol. The van der Waals surface area contributed by atoms with Gasteiger partial charge >= 0.3 is 5.97 Å². The van der Waals surface area contributed by atoms with Gasteiger partial charge in [0, 0.05) is 6.54 Å². The second-order valence-electron chi connectivity index (χ2n) is 5.82. The predicted molar refractivity (Wildman–Crippen MR) is 71.6 cm³/mol. The van der Waals surface area contributed by atoms with E-state index in [2.05, 4.69) is 44.3 Å². The molecule has 1 heterocycles. The van der Waals surface area contributed by atoms with Crippen molar-refractivity contribution < 1.29 is 9.53 Å². The SMILES string of the molecule is COC(=O)C1NCCc2ccc(C(C)(C)C)cc21. The Bertz CT molecular complexity index is 460. The summed E-state index contributed by atoms with van der Waals surface area (Å²) in [7, 11) is 1.44. The quantitative estimate of drug-likeness (QED) is 0.774. The number of nitrogens with one attached hydrogen (secondary N) is 1. The number of ether oxygens (including phenoxy) is 1. The molecule has 0 fully saturated rings. The van der Waals surface area contributed by atoms with E-state index in [9.17, 15) is 4.79 Å². The first-order valence-electron chi connectivity index (χ1n) is 6.38. The van der Waals surface area contributed by atoms with E-state index >= 15 is 0 Å². The Labute approximate surface area is 109 Å². The van der Waals surface area contributed by atoms with Gasteiger partial charge in [0.1, 0.15) is 6.04 Å². The van der Waals surface area contributed by atoms with Crippen LogP contribution in [-0.2, 0) is 21.4 Å². The minimum Gasteiger partial charge on any atom is -0.468 e. The lowest BCUT2D eigenvalue weighted by Crippen LogP contribution is -2.36. The molecule has 3 heteroatoms. The summed E-state index contributed by atoms with van der Waals surface area (Å²) in [6.45, 7) is 7.36. The summed E-state index contributed by atoms with van der Waals surface area (Å²) in [5.41, 5.74) is 3.66. The van der Waals surface area contributed by atoms with Crippen LogP contribution in [0.3, 0.4) is 0 Å². The third-order valence-electron chi connectivity index (χ3n) is 3.50. The molecule has 0 saturated heterocycles. The van der Waals surface area contributed by atoms with E-state index in [0.717, 1.165) is 18.5 Å². The monoisotopic (exact) mass is 247 g/mol. The molecular formula is C15H21NO2. The first kappa shape index (κ1) is 13.1. The Hall–Kier alpha value is -1.35. The van der Waals surface area contributed by atoms with Crippen molar-refractivity contribution in [2.24, 2.45) is 0 Å². The third-order valence-corrected chi connectivity index (χ3v) is 3.50. The van der Waals surface area contributed by atoms with Crippen molar-refractivity contribution in [1.29, 1.82) is 0 Å². The summed E-state index contributed by atoms with van der Waals surface area (Å²) in [5.74, 6) is -0.206. The van der Waals surface area contributed by atoms with Crippen LogP contribution in [0.1, 0.15) is 43.5 Å². The van der Waals surface area contributed by atoms with Crippen molar-refractivity contribution in [1.82, 2.24) is 5.32 Å². The lowest BCUT2D eigenvalue weighted by Gasteiger charge is -2.28. The van der Waals surface area contributed by atoms with Crippen LogP contribution in [0, 0.1) is 0 Å². The highest BCUT2D eigenvalue weighted by Gasteiger charge is 2.28. The lowest BCUT2D eigenvalue weighted by atomic mass is 9.83. The number of carbonyl (C=O) groups excluding carboxylic acids is 1. The van der Waals surface area contributed by atoms with Gasteiger partial charge in [0.15, 0.2) is 0 Å². The van der Waals surface area contributed by atoms with Crippen molar-refractivity contribution in [3.8, 4) is 0 Å². The maximum atomic E-state index is 11.8. The molecule has 0 radical (unpaired) electrons. The Balaban J connectivity index is 2.44. The van der Waals surface area contributed by atoms with Gasteiger partial charge < -0.3 is 10.1 Å². The first-order valence-corrected chi connectivity index (χ1v) is 6.38. The van der Waals surface area contributed by atoms with Gasteiger partial charge in [-0.2, -0.15) is 0 Å². The lowest BCUT2D eigenvalue weighted by molar-refractivity contribution is -0.143. The molecule has 1 atom stereocenters. The molecule has 0 aliphatic carbocycles. The minimum atomic E-state index is -0.318. The fourth-order valence-corrected chi connectivity index (χ4v) is 2.35. The molecule has 0 bridgehead atoms. The van der Waals surface area contributed by atoms with Crippen LogP contribution < -0.4 is 5.32 Å². The van der Waals surface area contributed by atoms with Gasteiger partial charge in [0.05, 0.1) is 7.11 Å². The number of fused-ring (bicyclic) bond motifs is 1. The van der Waals surface area contributed by atoms with E-state index in [1.54, 1.807) is 0 Å². The van der Waals surface area contributed by atoms with Crippen molar-refractivity contribution in [2.75, 3.05) is 13.7 Å². The Morgan fingerprint density at radius 3 is 2.72 bits per heavy atom. The van der Waals surface area contributed by atoms with Crippen LogP contribution in [0.4, 0.5) is 0 Å². The topological polar surface area (TPSA) is 38.3 Å². The predicted octanol–water partition coefficient (Wildman–Crippen LogP) is 2.34. The third kappa shape index (κ3) is 2.41. The highest BCUT2D eigenvalue weighted by molar-refractivity contribution is 5.78. The van der Waals surface area contributed by atoms with Gasteiger partial charge in [0.25, 0.3) is 0 Å². The van der Waals surface area contributed by atoms with E-state index in [4.69, 9.17) is 4.74 Å². The Morgan fingerprint density at radius 2 is 2.11 bits per heavy atom. The zero-order valence-corrected chi connectivity index (χ0v) is 11.5. The molecule has 1 aliphatic heterocycles. The second kappa shape index (κ2) is 4.73. The van der Waals surface area contributed by atoms with Gasteiger partial charge in [-0.3, -0.25) is 0 Å². The molecule has 2 rings (SSSR count). The molecule has 0 aromatic heterocycles. The smallest absolute Gasteiger partial charge is 0.327 e. The molecule has 0 amide bonds. The molecule has 1 aliphatic rings. The molecule has 1 aromatic rings. The van der Waals surface area contributed by atoms with E-state index in [1.165, 1.54) is 18.2 Å². The molecule has 98 valence electrons. The molecule has 1 aromatic carbocycles. The number of esters is 1.